The molecule has 0 bridgehead atoms. The lowest BCUT2D eigenvalue weighted by Crippen LogP contribution is -2.56. The number of benzene rings is 1. The van der Waals surface area contributed by atoms with E-state index in [0.29, 0.717) is 13.1 Å². The molecule has 1 fully saturated rings. The van der Waals surface area contributed by atoms with Crippen LogP contribution < -0.4 is 5.32 Å². The Balaban J connectivity index is 1.61. The molecular weight excluding hydrogens is 333 g/mol. The van der Waals surface area contributed by atoms with E-state index in [2.05, 4.69) is 5.32 Å². The Bertz CT molecular complexity index is 790. The highest BCUT2D eigenvalue weighted by molar-refractivity contribution is 5.87. The van der Waals surface area contributed by atoms with Crippen LogP contribution >= 0.6 is 0 Å². The Kier molecular flexibility index (Phi) is 4.28. The summed E-state index contributed by atoms with van der Waals surface area (Å²) in [4.78, 5) is 17.0. The van der Waals surface area contributed by atoms with Crippen LogP contribution in [0.1, 0.15) is 19.4 Å². The molecule has 0 spiro atoms. The molecular formula is C20H22FN3O2. The van der Waals surface area contributed by atoms with Gasteiger partial charge in [-0.1, -0.05) is 6.08 Å². The monoisotopic (exact) mass is 355 g/mol. The van der Waals surface area contributed by atoms with Crippen molar-refractivity contribution < 1.29 is 13.9 Å². The van der Waals surface area contributed by atoms with Gasteiger partial charge in [0.25, 0.3) is 5.91 Å². The number of nitrogens with one attached hydrogen (secondary N) is 1. The van der Waals surface area contributed by atoms with Crippen molar-refractivity contribution in [3.05, 3.63) is 65.8 Å². The number of carbonyl (C=O) groups is 1. The Morgan fingerprint density at radius 2 is 1.85 bits per heavy atom. The molecule has 0 radical (unpaired) electrons. The van der Waals surface area contributed by atoms with Crippen molar-refractivity contribution >= 4 is 11.6 Å². The summed E-state index contributed by atoms with van der Waals surface area (Å²) in [5, 5.41) is 3.34. The van der Waals surface area contributed by atoms with Crippen molar-refractivity contribution in [1.29, 1.82) is 0 Å². The quantitative estimate of drug-likeness (QED) is 0.885. The van der Waals surface area contributed by atoms with Gasteiger partial charge in [0, 0.05) is 19.3 Å². The van der Waals surface area contributed by atoms with E-state index in [1.165, 1.54) is 12.1 Å². The van der Waals surface area contributed by atoms with Crippen molar-refractivity contribution in [2.75, 3.05) is 13.1 Å². The number of ether oxygens (including phenoxy) is 1. The fourth-order valence-electron chi connectivity index (χ4n) is 3.73. The molecule has 4 rings (SSSR count). The lowest BCUT2D eigenvalue weighted by atomic mass is 10.1. The molecule has 1 aromatic carbocycles. The zero-order valence-corrected chi connectivity index (χ0v) is 14.9. The van der Waals surface area contributed by atoms with Gasteiger partial charge >= 0.3 is 0 Å². The summed E-state index contributed by atoms with van der Waals surface area (Å²) < 4.78 is 19.0. The van der Waals surface area contributed by atoms with Gasteiger partial charge in [0.2, 0.25) is 0 Å². The maximum Gasteiger partial charge on any atom is 0.266 e. The van der Waals surface area contributed by atoms with Gasteiger partial charge in [-0.3, -0.25) is 4.79 Å². The van der Waals surface area contributed by atoms with Crippen LogP contribution in [0.15, 0.2) is 54.4 Å². The fraction of sp³-hybridized carbons (Fsp3) is 0.350. The molecule has 136 valence electrons. The van der Waals surface area contributed by atoms with E-state index in [1.807, 2.05) is 48.1 Å². The minimum absolute atomic E-state index is 0.0153. The molecule has 1 N–H and O–H groups in total. The van der Waals surface area contributed by atoms with E-state index < -0.39 is 6.17 Å². The first-order valence-electron chi connectivity index (χ1n) is 8.87. The van der Waals surface area contributed by atoms with E-state index in [4.69, 9.17) is 4.74 Å². The standard InChI is InChI=1S/C20H22FN3O2/c1-13-11-23(12-14(2)26-13)20(25)19-22-18(15-6-8-16(21)9-7-15)17-5-3-4-10-24(17)19/h3-10,13-14,19,22H,11-12H2,1-2H3. The second-order valence-corrected chi connectivity index (χ2v) is 6.92. The average Bonchev–Trinajstić information content (AvgIpc) is 3.01. The smallest absolute Gasteiger partial charge is 0.266 e. The number of amides is 1. The third-order valence-electron chi connectivity index (χ3n) is 4.80. The van der Waals surface area contributed by atoms with Crippen LogP contribution in [0, 0.1) is 5.82 Å². The number of carbonyl (C=O) groups excluding carboxylic acids is 1. The summed E-state index contributed by atoms with van der Waals surface area (Å²) >= 11 is 0. The van der Waals surface area contributed by atoms with Crippen molar-refractivity contribution in [3.8, 4) is 0 Å². The topological polar surface area (TPSA) is 44.8 Å². The number of allylic oxidation sites excluding steroid dienone is 3. The lowest BCUT2D eigenvalue weighted by molar-refractivity contribution is -0.147. The molecule has 3 atom stereocenters. The van der Waals surface area contributed by atoms with Gasteiger partial charge in [-0.25, -0.2) is 4.39 Å². The second-order valence-electron chi connectivity index (χ2n) is 6.92. The first-order chi connectivity index (χ1) is 12.5. The minimum atomic E-state index is -0.510. The summed E-state index contributed by atoms with van der Waals surface area (Å²) in [5.41, 5.74) is 2.59. The van der Waals surface area contributed by atoms with Gasteiger partial charge in [0.15, 0.2) is 6.17 Å². The van der Waals surface area contributed by atoms with Gasteiger partial charge in [0.1, 0.15) is 5.82 Å². The Morgan fingerprint density at radius 3 is 2.54 bits per heavy atom. The number of nitrogens with zero attached hydrogens (tertiary/aromatic N) is 2. The highest BCUT2D eigenvalue weighted by Crippen LogP contribution is 2.31. The largest absolute Gasteiger partial charge is 0.372 e. The molecule has 3 aliphatic heterocycles. The SMILES string of the molecule is CC1CN(C(=O)C2NC(c3ccc(F)cc3)=C3C=CC=CN32)CC(C)O1. The summed E-state index contributed by atoms with van der Waals surface area (Å²) in [6, 6.07) is 6.30. The fourth-order valence-corrected chi connectivity index (χ4v) is 3.73. The van der Waals surface area contributed by atoms with E-state index >= 15 is 0 Å². The second kappa shape index (κ2) is 6.61. The zero-order valence-electron chi connectivity index (χ0n) is 14.9. The molecule has 26 heavy (non-hydrogen) atoms. The van der Waals surface area contributed by atoms with Crippen molar-refractivity contribution in [2.24, 2.45) is 0 Å². The van der Waals surface area contributed by atoms with E-state index in [0.717, 1.165) is 17.0 Å². The molecule has 0 aromatic heterocycles. The summed E-state index contributed by atoms with van der Waals surface area (Å²) in [5.74, 6) is -0.265. The van der Waals surface area contributed by atoms with Crippen LogP contribution in [-0.4, -0.2) is 47.2 Å². The molecule has 1 saturated heterocycles. The number of rotatable bonds is 2. The average molecular weight is 355 g/mol. The van der Waals surface area contributed by atoms with Crippen molar-refractivity contribution in [1.82, 2.24) is 15.1 Å². The van der Waals surface area contributed by atoms with E-state index in [9.17, 15) is 9.18 Å². The molecule has 3 unspecified atom stereocenters. The summed E-state index contributed by atoms with van der Waals surface area (Å²) in [6.07, 6.45) is 7.23. The molecule has 6 heteroatoms. The van der Waals surface area contributed by atoms with Crippen LogP contribution in [-0.2, 0) is 9.53 Å². The van der Waals surface area contributed by atoms with Crippen LogP contribution in [0.25, 0.3) is 5.70 Å². The maximum absolute atomic E-state index is 13.3. The first kappa shape index (κ1) is 16.8. The number of hydrogen-bond donors (Lipinski definition) is 1. The number of fused-ring (bicyclic) bond motifs is 1. The molecule has 1 amide bonds. The van der Waals surface area contributed by atoms with E-state index in [-0.39, 0.29) is 23.9 Å². The van der Waals surface area contributed by atoms with Gasteiger partial charge in [-0.15, -0.1) is 0 Å². The normalized spacial score (nSPS) is 27.6. The molecule has 1 aromatic rings. The predicted molar refractivity (Wildman–Crippen MR) is 97.0 cm³/mol. The maximum atomic E-state index is 13.3. The number of morpholine rings is 1. The molecule has 3 heterocycles. The van der Waals surface area contributed by atoms with E-state index in [1.54, 1.807) is 12.1 Å². The summed E-state index contributed by atoms with van der Waals surface area (Å²) in [6.45, 7) is 5.12. The summed E-state index contributed by atoms with van der Waals surface area (Å²) in [7, 11) is 0. The van der Waals surface area contributed by atoms with Crippen LogP contribution in [0.3, 0.4) is 0 Å². The number of halogens is 1. The Labute approximate surface area is 152 Å². The molecule has 0 aliphatic carbocycles. The van der Waals surface area contributed by atoms with Gasteiger partial charge in [-0.05, 0) is 55.8 Å². The van der Waals surface area contributed by atoms with Crippen LogP contribution in [0.4, 0.5) is 4.39 Å². The van der Waals surface area contributed by atoms with Crippen molar-refractivity contribution in [2.45, 2.75) is 32.2 Å². The highest BCUT2D eigenvalue weighted by Gasteiger charge is 2.39. The number of hydrogen-bond acceptors (Lipinski definition) is 4. The Hall–Kier alpha value is -2.60. The van der Waals surface area contributed by atoms with Gasteiger partial charge < -0.3 is 19.9 Å². The highest BCUT2D eigenvalue weighted by atomic mass is 19.1. The lowest BCUT2D eigenvalue weighted by Gasteiger charge is -2.38. The third-order valence-corrected chi connectivity index (χ3v) is 4.80. The molecule has 5 nitrogen and oxygen atoms in total. The Morgan fingerprint density at radius 1 is 1.15 bits per heavy atom. The van der Waals surface area contributed by atoms with Crippen LogP contribution in [0.5, 0.6) is 0 Å². The van der Waals surface area contributed by atoms with Gasteiger partial charge in [0.05, 0.1) is 23.6 Å². The van der Waals surface area contributed by atoms with Crippen LogP contribution in [0.2, 0.25) is 0 Å². The zero-order chi connectivity index (χ0) is 18.3. The molecule has 3 aliphatic rings. The first-order valence-corrected chi connectivity index (χ1v) is 8.87. The predicted octanol–water partition coefficient (Wildman–Crippen LogP) is 2.44. The van der Waals surface area contributed by atoms with Crippen molar-refractivity contribution in [3.63, 3.8) is 0 Å². The van der Waals surface area contributed by atoms with Gasteiger partial charge in [-0.2, -0.15) is 0 Å². The minimum Gasteiger partial charge on any atom is -0.372 e. The molecule has 0 saturated carbocycles. The third kappa shape index (κ3) is 3.01.